The second-order valence-electron chi connectivity index (χ2n) is 3.74. The molecule has 0 aliphatic rings. The standard InChI is InChI=1S/C15H11NO2/c16-10-14(11-4-2-1-3-5-11)15(18)12-6-8-13(17)9-7-12/h1-9,16-17H. The van der Waals surface area contributed by atoms with Crippen LogP contribution in [0.15, 0.2) is 54.6 Å². The molecule has 2 aromatic carbocycles. The maximum absolute atomic E-state index is 12.2. The van der Waals surface area contributed by atoms with Crippen molar-refractivity contribution in [1.82, 2.24) is 0 Å². The van der Waals surface area contributed by atoms with Gasteiger partial charge in [0, 0.05) is 5.56 Å². The van der Waals surface area contributed by atoms with Crippen LogP contribution in [0.25, 0.3) is 5.57 Å². The molecule has 0 saturated heterocycles. The van der Waals surface area contributed by atoms with E-state index in [4.69, 9.17) is 5.41 Å². The van der Waals surface area contributed by atoms with Crippen LogP contribution >= 0.6 is 0 Å². The summed E-state index contributed by atoms with van der Waals surface area (Å²) in [6.07, 6.45) is 0. The minimum atomic E-state index is -0.281. The van der Waals surface area contributed by atoms with Gasteiger partial charge in [-0.25, -0.2) is 0 Å². The first-order valence-corrected chi connectivity index (χ1v) is 5.41. The number of ketones is 1. The summed E-state index contributed by atoms with van der Waals surface area (Å²) < 4.78 is 0. The number of rotatable bonds is 3. The molecule has 0 heterocycles. The molecule has 18 heavy (non-hydrogen) atoms. The van der Waals surface area contributed by atoms with Crippen LogP contribution in [-0.2, 0) is 0 Å². The third-order valence-corrected chi connectivity index (χ3v) is 2.54. The third kappa shape index (κ3) is 2.37. The molecule has 0 bridgehead atoms. The SMILES string of the molecule is N=C=C(C(=O)c1ccc(O)cc1)c1ccccc1. The Balaban J connectivity index is 2.39. The minimum absolute atomic E-state index is 0.103. The summed E-state index contributed by atoms with van der Waals surface area (Å²) in [6, 6.07) is 14.9. The topological polar surface area (TPSA) is 61.2 Å². The van der Waals surface area contributed by atoms with E-state index < -0.39 is 0 Å². The van der Waals surface area contributed by atoms with Gasteiger partial charge < -0.3 is 5.11 Å². The fourth-order valence-corrected chi connectivity index (χ4v) is 1.62. The number of carbonyl (C=O) groups excluding carboxylic acids is 1. The minimum Gasteiger partial charge on any atom is -0.508 e. The largest absolute Gasteiger partial charge is 0.508 e. The molecule has 0 aliphatic carbocycles. The molecule has 88 valence electrons. The van der Waals surface area contributed by atoms with Gasteiger partial charge in [-0.3, -0.25) is 10.2 Å². The zero-order chi connectivity index (χ0) is 13.0. The Labute approximate surface area is 105 Å². The number of allylic oxidation sites excluding steroid dienone is 1. The smallest absolute Gasteiger partial charge is 0.202 e. The molecule has 0 fully saturated rings. The van der Waals surface area contributed by atoms with Crippen LogP contribution in [-0.4, -0.2) is 16.8 Å². The van der Waals surface area contributed by atoms with Gasteiger partial charge in [-0.05, 0) is 35.7 Å². The second kappa shape index (κ2) is 5.13. The number of phenols is 1. The normalized spacial score (nSPS) is 9.56. The molecule has 2 N–H and O–H groups in total. The average molecular weight is 237 g/mol. The summed E-state index contributed by atoms with van der Waals surface area (Å²) in [7, 11) is 0. The number of phenolic OH excluding ortho intramolecular Hbond substituents is 1. The van der Waals surface area contributed by atoms with Gasteiger partial charge in [0.25, 0.3) is 0 Å². The predicted octanol–water partition coefficient (Wildman–Crippen LogP) is 2.91. The van der Waals surface area contributed by atoms with Gasteiger partial charge in [-0.15, -0.1) is 0 Å². The molecule has 0 aliphatic heterocycles. The first-order valence-electron chi connectivity index (χ1n) is 5.41. The van der Waals surface area contributed by atoms with Crippen LogP contribution < -0.4 is 0 Å². The number of carbonyl (C=O) groups is 1. The molecule has 0 saturated carbocycles. The van der Waals surface area contributed by atoms with Crippen molar-refractivity contribution < 1.29 is 9.90 Å². The third-order valence-electron chi connectivity index (χ3n) is 2.54. The van der Waals surface area contributed by atoms with E-state index in [1.807, 2.05) is 6.07 Å². The number of nitrogens with one attached hydrogen (secondary N) is 1. The Bertz CT molecular complexity index is 609. The highest BCUT2D eigenvalue weighted by Crippen LogP contribution is 2.18. The predicted molar refractivity (Wildman–Crippen MR) is 70.0 cm³/mol. The molecule has 2 aromatic rings. The Morgan fingerprint density at radius 3 is 2.11 bits per heavy atom. The quantitative estimate of drug-likeness (QED) is 0.490. The number of hydrogen-bond acceptors (Lipinski definition) is 3. The molecule has 0 spiro atoms. The highest BCUT2D eigenvalue weighted by molar-refractivity contribution is 6.35. The van der Waals surface area contributed by atoms with Gasteiger partial charge >= 0.3 is 0 Å². The van der Waals surface area contributed by atoms with Gasteiger partial charge in [0.05, 0.1) is 5.57 Å². The van der Waals surface area contributed by atoms with Crippen molar-refractivity contribution in [2.24, 2.45) is 0 Å². The van der Waals surface area contributed by atoms with E-state index in [1.165, 1.54) is 24.3 Å². The van der Waals surface area contributed by atoms with Crippen LogP contribution in [0.2, 0.25) is 0 Å². The number of Topliss-reactive ketones (excluding diaryl/α,β-unsaturated/α-hetero) is 1. The van der Waals surface area contributed by atoms with Gasteiger partial charge in [-0.2, -0.15) is 0 Å². The lowest BCUT2D eigenvalue weighted by Gasteiger charge is -2.04. The van der Waals surface area contributed by atoms with Crippen molar-refractivity contribution >= 4 is 17.2 Å². The fraction of sp³-hybridized carbons (Fsp3) is 0. The summed E-state index contributed by atoms with van der Waals surface area (Å²) in [5, 5.41) is 16.4. The Hall–Kier alpha value is -2.64. The van der Waals surface area contributed by atoms with Crippen molar-refractivity contribution in [2.45, 2.75) is 0 Å². The molecule has 3 heteroatoms. The fourth-order valence-electron chi connectivity index (χ4n) is 1.62. The monoisotopic (exact) mass is 237 g/mol. The van der Waals surface area contributed by atoms with Crippen molar-refractivity contribution in [3.63, 3.8) is 0 Å². The number of hydrogen-bond donors (Lipinski definition) is 2. The summed E-state index contributed by atoms with van der Waals surface area (Å²) in [6.45, 7) is 0. The van der Waals surface area contributed by atoms with E-state index in [9.17, 15) is 9.90 Å². The van der Waals surface area contributed by atoms with Crippen molar-refractivity contribution in [3.8, 4) is 5.75 Å². The first kappa shape index (κ1) is 11.8. The molecule has 2 rings (SSSR count). The lowest BCUT2D eigenvalue weighted by molar-refractivity contribution is 0.105. The molecular formula is C15H11NO2. The summed E-state index contributed by atoms with van der Waals surface area (Å²) >= 11 is 0. The van der Waals surface area contributed by atoms with E-state index in [0.29, 0.717) is 11.1 Å². The van der Waals surface area contributed by atoms with Crippen LogP contribution in [0.5, 0.6) is 5.75 Å². The molecular weight excluding hydrogens is 226 g/mol. The zero-order valence-electron chi connectivity index (χ0n) is 9.55. The van der Waals surface area contributed by atoms with Gasteiger partial charge in [-0.1, -0.05) is 30.3 Å². The summed E-state index contributed by atoms with van der Waals surface area (Å²) in [5.74, 6) is 2.01. The van der Waals surface area contributed by atoms with Crippen LogP contribution in [0.4, 0.5) is 0 Å². The zero-order valence-corrected chi connectivity index (χ0v) is 9.55. The lowest BCUT2D eigenvalue weighted by Crippen LogP contribution is -2.03. The molecule has 0 atom stereocenters. The number of benzene rings is 2. The highest BCUT2D eigenvalue weighted by atomic mass is 16.3. The van der Waals surface area contributed by atoms with Crippen LogP contribution in [0.3, 0.4) is 0 Å². The van der Waals surface area contributed by atoms with E-state index in [0.717, 1.165) is 0 Å². The molecule has 0 unspecified atom stereocenters. The van der Waals surface area contributed by atoms with E-state index >= 15 is 0 Å². The molecule has 3 nitrogen and oxygen atoms in total. The van der Waals surface area contributed by atoms with Crippen LogP contribution in [0, 0.1) is 5.41 Å². The Morgan fingerprint density at radius 2 is 1.56 bits per heavy atom. The Kier molecular flexibility index (Phi) is 3.37. The van der Waals surface area contributed by atoms with Crippen molar-refractivity contribution in [1.29, 1.82) is 5.41 Å². The summed E-state index contributed by atoms with van der Waals surface area (Å²) in [5.41, 5.74) is 1.29. The molecule has 0 amide bonds. The van der Waals surface area contributed by atoms with Crippen LogP contribution in [0.1, 0.15) is 15.9 Å². The maximum atomic E-state index is 12.2. The van der Waals surface area contributed by atoms with Gasteiger partial charge in [0.2, 0.25) is 5.78 Å². The number of aromatic hydroxyl groups is 1. The second-order valence-corrected chi connectivity index (χ2v) is 3.74. The Morgan fingerprint density at radius 1 is 0.944 bits per heavy atom. The van der Waals surface area contributed by atoms with E-state index in [2.05, 4.69) is 5.87 Å². The first-order chi connectivity index (χ1) is 8.72. The highest BCUT2D eigenvalue weighted by Gasteiger charge is 2.14. The van der Waals surface area contributed by atoms with Crippen molar-refractivity contribution in [3.05, 3.63) is 65.7 Å². The van der Waals surface area contributed by atoms with E-state index in [-0.39, 0.29) is 17.1 Å². The molecule has 0 radical (unpaired) electrons. The maximum Gasteiger partial charge on any atom is 0.202 e. The van der Waals surface area contributed by atoms with Crippen molar-refractivity contribution in [2.75, 3.05) is 0 Å². The van der Waals surface area contributed by atoms with Gasteiger partial charge in [0.15, 0.2) is 0 Å². The van der Waals surface area contributed by atoms with E-state index in [1.54, 1.807) is 24.3 Å². The lowest BCUT2D eigenvalue weighted by atomic mass is 9.98. The average Bonchev–Trinajstić information content (AvgIpc) is 2.41. The molecule has 0 aromatic heterocycles. The summed E-state index contributed by atoms with van der Waals surface area (Å²) in [4.78, 5) is 12.2. The van der Waals surface area contributed by atoms with Gasteiger partial charge in [0.1, 0.15) is 5.75 Å².